The van der Waals surface area contributed by atoms with Crippen molar-refractivity contribution in [3.63, 3.8) is 0 Å². The van der Waals surface area contributed by atoms with Crippen molar-refractivity contribution in [2.45, 2.75) is 18.2 Å². The Hall–Kier alpha value is -3.85. The number of aromatic amines is 1. The van der Waals surface area contributed by atoms with Crippen LogP contribution in [0.2, 0.25) is 0 Å². The van der Waals surface area contributed by atoms with Gasteiger partial charge in [0.2, 0.25) is 5.95 Å². The highest BCUT2D eigenvalue weighted by molar-refractivity contribution is 7.92. The Bertz CT molecular complexity index is 1350. The number of fused-ring (bicyclic) bond motifs is 1. The van der Waals surface area contributed by atoms with Crippen molar-refractivity contribution in [3.05, 3.63) is 77.9 Å². The number of hydrogen-bond donors (Lipinski definition) is 3. The van der Waals surface area contributed by atoms with Gasteiger partial charge < -0.3 is 9.72 Å². The van der Waals surface area contributed by atoms with Gasteiger partial charge in [0, 0.05) is 11.3 Å². The van der Waals surface area contributed by atoms with Gasteiger partial charge in [-0.15, -0.1) is 0 Å². The van der Waals surface area contributed by atoms with Gasteiger partial charge in [0.25, 0.3) is 15.9 Å². The third-order valence-corrected chi connectivity index (χ3v) is 6.35. The zero-order valence-corrected chi connectivity index (χ0v) is 18.4. The van der Waals surface area contributed by atoms with Crippen LogP contribution in [0.15, 0.2) is 71.6 Å². The predicted octanol–water partition coefficient (Wildman–Crippen LogP) is 4.19. The number of nitrogens with one attached hydrogen (secondary N) is 3. The van der Waals surface area contributed by atoms with Crippen molar-refractivity contribution in [2.75, 3.05) is 17.1 Å². The summed E-state index contributed by atoms with van der Waals surface area (Å²) in [6, 6.07) is 18.7. The lowest BCUT2D eigenvalue weighted by atomic mass is 10.2. The molecular formula is C23H22N4O4S. The highest BCUT2D eigenvalue weighted by Gasteiger charge is 2.22. The molecule has 0 saturated heterocycles. The first-order valence-corrected chi connectivity index (χ1v) is 11.4. The molecule has 0 atom stereocenters. The van der Waals surface area contributed by atoms with Gasteiger partial charge in [0.05, 0.1) is 18.1 Å². The van der Waals surface area contributed by atoms with Crippen LogP contribution in [0.5, 0.6) is 5.75 Å². The zero-order valence-electron chi connectivity index (χ0n) is 17.5. The highest BCUT2D eigenvalue weighted by atomic mass is 32.2. The van der Waals surface area contributed by atoms with Crippen LogP contribution in [0.25, 0.3) is 11.0 Å². The van der Waals surface area contributed by atoms with Gasteiger partial charge in [-0.1, -0.05) is 31.2 Å². The van der Waals surface area contributed by atoms with E-state index in [0.29, 0.717) is 11.2 Å². The number of amides is 1. The van der Waals surface area contributed by atoms with Gasteiger partial charge in [-0.2, -0.15) is 0 Å². The number of ether oxygens (including phenoxy) is 1. The summed E-state index contributed by atoms with van der Waals surface area (Å²) in [5.74, 6) is -0.107. The molecule has 0 radical (unpaired) electrons. The minimum atomic E-state index is -4.00. The summed E-state index contributed by atoms with van der Waals surface area (Å²) in [6.07, 6.45) is 0.850. The first kappa shape index (κ1) is 21.4. The summed E-state index contributed by atoms with van der Waals surface area (Å²) >= 11 is 0. The second kappa shape index (κ2) is 8.72. The normalized spacial score (nSPS) is 11.3. The fourth-order valence-corrected chi connectivity index (χ4v) is 4.49. The number of hydrogen-bond acceptors (Lipinski definition) is 5. The number of nitrogens with zero attached hydrogens (tertiary/aromatic N) is 1. The number of H-pyrrole nitrogens is 1. The van der Waals surface area contributed by atoms with Crippen LogP contribution >= 0.6 is 0 Å². The summed E-state index contributed by atoms with van der Waals surface area (Å²) in [7, 11) is -2.63. The van der Waals surface area contributed by atoms with Crippen molar-refractivity contribution in [1.82, 2.24) is 9.97 Å². The van der Waals surface area contributed by atoms with E-state index in [1.54, 1.807) is 12.1 Å². The molecule has 0 aliphatic carbocycles. The lowest BCUT2D eigenvalue weighted by Gasteiger charge is -2.13. The number of anilines is 2. The molecule has 3 aromatic carbocycles. The van der Waals surface area contributed by atoms with E-state index in [2.05, 4.69) is 20.0 Å². The van der Waals surface area contributed by atoms with Crippen LogP contribution in [-0.4, -0.2) is 31.4 Å². The second-order valence-corrected chi connectivity index (χ2v) is 8.73. The van der Waals surface area contributed by atoms with Crippen LogP contribution in [-0.2, 0) is 16.4 Å². The van der Waals surface area contributed by atoms with Crippen molar-refractivity contribution >= 4 is 38.6 Å². The first-order valence-electron chi connectivity index (χ1n) is 9.95. The Morgan fingerprint density at radius 2 is 1.81 bits per heavy atom. The summed E-state index contributed by atoms with van der Waals surface area (Å²) in [5.41, 5.74) is 3.14. The van der Waals surface area contributed by atoms with Crippen molar-refractivity contribution in [3.8, 4) is 5.75 Å². The standard InChI is InChI=1S/C23H22N4O4S/c1-3-15-8-11-17(12-9-15)27-32(29,30)21-14-16(10-13-20(21)31-2)22(28)26-23-24-18-6-4-5-7-19(18)25-23/h4-14,27H,3H2,1-2H3,(H2,24,25,26,28). The zero-order chi connectivity index (χ0) is 22.7. The SMILES string of the molecule is CCc1ccc(NS(=O)(=O)c2cc(C(=O)Nc3nc4ccccc4[nH]3)ccc2OC)cc1. The fraction of sp³-hybridized carbons (Fsp3) is 0.130. The van der Waals surface area contributed by atoms with E-state index in [1.807, 2.05) is 43.3 Å². The van der Waals surface area contributed by atoms with Crippen LogP contribution < -0.4 is 14.8 Å². The molecule has 0 spiro atoms. The number of rotatable bonds is 7. The maximum atomic E-state index is 13.0. The van der Waals surface area contributed by atoms with Crippen molar-refractivity contribution in [1.29, 1.82) is 0 Å². The molecule has 0 unspecified atom stereocenters. The summed E-state index contributed by atoms with van der Waals surface area (Å²) in [5, 5.41) is 2.66. The van der Waals surface area contributed by atoms with E-state index >= 15 is 0 Å². The molecule has 8 nitrogen and oxygen atoms in total. The van der Waals surface area contributed by atoms with E-state index in [0.717, 1.165) is 17.5 Å². The molecule has 4 aromatic rings. The van der Waals surface area contributed by atoms with Gasteiger partial charge in [-0.3, -0.25) is 14.8 Å². The number of sulfonamides is 1. The molecule has 1 amide bonds. The molecule has 0 fully saturated rings. The maximum absolute atomic E-state index is 13.0. The molecule has 9 heteroatoms. The van der Waals surface area contributed by atoms with E-state index in [9.17, 15) is 13.2 Å². The van der Waals surface area contributed by atoms with Crippen LogP contribution in [0.1, 0.15) is 22.8 Å². The molecular weight excluding hydrogens is 428 g/mol. The maximum Gasteiger partial charge on any atom is 0.265 e. The average Bonchev–Trinajstić information content (AvgIpc) is 3.21. The van der Waals surface area contributed by atoms with Gasteiger partial charge >= 0.3 is 0 Å². The van der Waals surface area contributed by atoms with Gasteiger partial charge in [-0.05, 0) is 54.4 Å². The minimum Gasteiger partial charge on any atom is -0.495 e. The van der Waals surface area contributed by atoms with Gasteiger partial charge in [0.15, 0.2) is 0 Å². The smallest absolute Gasteiger partial charge is 0.265 e. The third-order valence-electron chi connectivity index (χ3n) is 4.95. The van der Waals surface area contributed by atoms with E-state index in [1.165, 1.54) is 25.3 Å². The largest absolute Gasteiger partial charge is 0.495 e. The van der Waals surface area contributed by atoms with E-state index in [-0.39, 0.29) is 22.2 Å². The highest BCUT2D eigenvalue weighted by Crippen LogP contribution is 2.27. The van der Waals surface area contributed by atoms with E-state index in [4.69, 9.17) is 4.74 Å². The number of carbonyl (C=O) groups excluding carboxylic acids is 1. The Kier molecular flexibility index (Phi) is 5.83. The lowest BCUT2D eigenvalue weighted by Crippen LogP contribution is -2.17. The third kappa shape index (κ3) is 4.42. The lowest BCUT2D eigenvalue weighted by molar-refractivity contribution is 0.102. The van der Waals surface area contributed by atoms with E-state index < -0.39 is 15.9 Å². The molecule has 0 saturated carbocycles. The van der Waals surface area contributed by atoms with Crippen molar-refractivity contribution in [2.24, 2.45) is 0 Å². The molecule has 0 bridgehead atoms. The summed E-state index contributed by atoms with van der Waals surface area (Å²) < 4.78 is 33.9. The van der Waals surface area contributed by atoms with Crippen molar-refractivity contribution < 1.29 is 17.9 Å². The monoisotopic (exact) mass is 450 g/mol. The number of methoxy groups -OCH3 is 1. The van der Waals surface area contributed by atoms with Gasteiger partial charge in [0.1, 0.15) is 10.6 Å². The Morgan fingerprint density at radius 3 is 2.50 bits per heavy atom. The van der Waals surface area contributed by atoms with Crippen LogP contribution in [0.4, 0.5) is 11.6 Å². The number of imidazole rings is 1. The van der Waals surface area contributed by atoms with Crippen LogP contribution in [0, 0.1) is 0 Å². The molecule has 3 N–H and O–H groups in total. The molecule has 164 valence electrons. The average molecular weight is 451 g/mol. The number of aryl methyl sites for hydroxylation is 1. The number of para-hydroxylation sites is 2. The number of aromatic nitrogens is 2. The number of benzene rings is 3. The minimum absolute atomic E-state index is 0.128. The quantitative estimate of drug-likeness (QED) is 0.391. The first-order chi connectivity index (χ1) is 15.4. The molecule has 0 aliphatic heterocycles. The molecule has 1 heterocycles. The topological polar surface area (TPSA) is 113 Å². The summed E-state index contributed by atoms with van der Waals surface area (Å²) in [6.45, 7) is 2.02. The van der Waals surface area contributed by atoms with Gasteiger partial charge in [-0.25, -0.2) is 13.4 Å². The molecule has 4 rings (SSSR count). The second-order valence-electron chi connectivity index (χ2n) is 7.08. The fourth-order valence-electron chi connectivity index (χ4n) is 3.24. The Balaban J connectivity index is 1.61. The molecule has 0 aliphatic rings. The Labute approximate surface area is 185 Å². The molecule has 32 heavy (non-hydrogen) atoms. The van der Waals surface area contributed by atoms with Crippen LogP contribution in [0.3, 0.4) is 0 Å². The molecule has 1 aromatic heterocycles. The summed E-state index contributed by atoms with van der Waals surface area (Å²) in [4.78, 5) is 19.9. The number of carbonyl (C=O) groups is 1. The predicted molar refractivity (Wildman–Crippen MR) is 124 cm³/mol. The Morgan fingerprint density at radius 1 is 1.06 bits per heavy atom.